The molecule has 0 radical (unpaired) electrons. The first-order chi connectivity index (χ1) is 21.9. The van der Waals surface area contributed by atoms with Gasteiger partial charge >= 0.3 is 12.1 Å². The number of piperidine rings is 1. The van der Waals surface area contributed by atoms with Gasteiger partial charge in [0.2, 0.25) is 5.60 Å². The molecule has 242 valence electrons. The van der Waals surface area contributed by atoms with Crippen molar-refractivity contribution in [1.82, 2.24) is 9.47 Å². The zero-order chi connectivity index (χ0) is 33.1. The topological polar surface area (TPSA) is 127 Å². The predicted octanol–water partition coefficient (Wildman–Crippen LogP) is 6.00. The third-order valence-electron chi connectivity index (χ3n) is 8.07. The Hall–Kier alpha value is -4.88. The van der Waals surface area contributed by atoms with Crippen LogP contribution >= 0.6 is 0 Å². The second-order valence-corrected chi connectivity index (χ2v) is 11.1. The van der Waals surface area contributed by atoms with E-state index < -0.39 is 29.2 Å². The molecule has 0 saturated carbocycles. The number of aliphatic carboxylic acids is 1. The number of likely N-dealkylation sites (tertiary alicyclic amines) is 1. The monoisotopic (exact) mass is 639 g/mol. The van der Waals surface area contributed by atoms with Gasteiger partial charge in [0.15, 0.2) is 11.5 Å². The number of hydrogen-bond acceptors (Lipinski definition) is 7. The molecule has 1 saturated heterocycles. The van der Waals surface area contributed by atoms with Crippen LogP contribution in [0.1, 0.15) is 29.5 Å². The fourth-order valence-electron chi connectivity index (χ4n) is 5.70. The highest BCUT2D eigenvalue weighted by Gasteiger charge is 2.57. The zero-order valence-electron chi connectivity index (χ0n) is 24.8. The lowest BCUT2D eigenvalue weighted by Gasteiger charge is -2.39. The summed E-state index contributed by atoms with van der Waals surface area (Å²) in [5.41, 5.74) is -2.33. The first-order valence-electron chi connectivity index (χ1n) is 14.5. The van der Waals surface area contributed by atoms with Gasteiger partial charge in [-0.05, 0) is 48.2 Å². The van der Waals surface area contributed by atoms with Crippen LogP contribution in [0.5, 0.6) is 11.5 Å². The number of carbonyl (C=O) groups is 1. The highest BCUT2D eigenvalue weighted by Crippen LogP contribution is 2.44. The average Bonchev–Trinajstić information content (AvgIpc) is 3.39. The summed E-state index contributed by atoms with van der Waals surface area (Å²) in [7, 11) is 1.45. The third kappa shape index (κ3) is 7.00. The molecular weight excluding hydrogens is 607 g/mol. The number of aliphatic hydroxyl groups is 1. The van der Waals surface area contributed by atoms with Gasteiger partial charge in [0.05, 0.1) is 17.5 Å². The predicted molar refractivity (Wildman–Crippen MR) is 164 cm³/mol. The van der Waals surface area contributed by atoms with Gasteiger partial charge in [-0.3, -0.25) is 15.0 Å². The number of carboxylic acids is 1. The van der Waals surface area contributed by atoms with Crippen LogP contribution in [0.15, 0.2) is 79.0 Å². The van der Waals surface area contributed by atoms with Crippen molar-refractivity contribution in [1.29, 1.82) is 0 Å². The molecular formula is C33H32F3N3O7. The van der Waals surface area contributed by atoms with E-state index in [9.17, 15) is 33.2 Å². The highest BCUT2D eigenvalue weighted by molar-refractivity contribution is 5.87. The molecule has 46 heavy (non-hydrogen) atoms. The normalized spacial score (nSPS) is 16.0. The molecule has 10 nitrogen and oxygen atoms in total. The molecule has 5 rings (SSSR count). The standard InChI is InChI=1S/C33H32F3N3O7/c1-45-30-17-22(8-12-31(40)41)7-11-29(30)46-25-13-15-37(16-14-25)21-32(42,33(34,35)36)27-20-38(19-23-5-3-2-4-6-23)28-18-24(39(43)44)9-10-26(27)28/h2-12,17-18,20,25,42H,13-16,19,21H2,1H3,(H,40,41)/b12-8+. The molecule has 0 bridgehead atoms. The van der Waals surface area contributed by atoms with Crippen LogP contribution in [-0.4, -0.2) is 69.6 Å². The maximum atomic E-state index is 14.8. The summed E-state index contributed by atoms with van der Waals surface area (Å²) in [6.45, 7) is -0.175. The smallest absolute Gasteiger partial charge is 0.422 e. The number of hydrogen-bond donors (Lipinski definition) is 2. The number of aromatic nitrogens is 1. The van der Waals surface area contributed by atoms with E-state index >= 15 is 0 Å². The minimum absolute atomic E-state index is 0.0771. The Morgan fingerprint density at radius 2 is 1.78 bits per heavy atom. The molecule has 1 unspecified atom stereocenters. The number of fused-ring (bicyclic) bond motifs is 1. The maximum absolute atomic E-state index is 14.8. The van der Waals surface area contributed by atoms with Crippen LogP contribution in [0.25, 0.3) is 17.0 Å². The molecule has 1 fully saturated rings. The minimum Gasteiger partial charge on any atom is -0.493 e. The van der Waals surface area contributed by atoms with E-state index in [0.29, 0.717) is 29.9 Å². The van der Waals surface area contributed by atoms with E-state index in [4.69, 9.17) is 14.6 Å². The number of nitrogens with zero attached hydrogens (tertiary/aromatic N) is 3. The lowest BCUT2D eigenvalue weighted by atomic mass is 9.91. The highest BCUT2D eigenvalue weighted by atomic mass is 19.4. The van der Waals surface area contributed by atoms with Gasteiger partial charge in [0.25, 0.3) is 5.69 Å². The SMILES string of the molecule is COc1cc(/C=C/C(=O)O)ccc1OC1CCN(CC(O)(c2cn(Cc3ccccc3)c3cc([N+](=O)[O-])ccc23)C(F)(F)F)CC1. The number of methoxy groups -OCH3 is 1. The van der Waals surface area contributed by atoms with Gasteiger partial charge in [-0.2, -0.15) is 13.2 Å². The quantitative estimate of drug-likeness (QED) is 0.116. The van der Waals surface area contributed by atoms with Crippen LogP contribution in [0.3, 0.4) is 0 Å². The van der Waals surface area contributed by atoms with Crippen molar-refractivity contribution >= 4 is 28.6 Å². The summed E-state index contributed by atoms with van der Waals surface area (Å²) in [6.07, 6.45) is -0.991. The van der Waals surface area contributed by atoms with Gasteiger partial charge in [0, 0.05) is 61.5 Å². The van der Waals surface area contributed by atoms with Gasteiger partial charge in [-0.15, -0.1) is 0 Å². The van der Waals surface area contributed by atoms with Crippen molar-refractivity contribution in [3.8, 4) is 11.5 Å². The minimum atomic E-state index is -5.06. The largest absolute Gasteiger partial charge is 0.493 e. The van der Waals surface area contributed by atoms with Crippen molar-refractivity contribution in [2.75, 3.05) is 26.7 Å². The van der Waals surface area contributed by atoms with E-state index in [2.05, 4.69) is 0 Å². The fourth-order valence-corrected chi connectivity index (χ4v) is 5.70. The number of β-amino-alcohol motifs (C(OH)–C–C–N with tert-alkyl or cyclic N) is 1. The molecule has 2 N–H and O–H groups in total. The Morgan fingerprint density at radius 3 is 2.41 bits per heavy atom. The van der Waals surface area contributed by atoms with E-state index in [1.54, 1.807) is 48.5 Å². The number of nitro benzene ring substituents is 1. The van der Waals surface area contributed by atoms with Gasteiger partial charge < -0.3 is 24.3 Å². The Morgan fingerprint density at radius 1 is 1.07 bits per heavy atom. The van der Waals surface area contributed by atoms with E-state index in [0.717, 1.165) is 17.7 Å². The summed E-state index contributed by atoms with van der Waals surface area (Å²) < 4.78 is 57.5. The molecule has 13 heteroatoms. The lowest BCUT2D eigenvalue weighted by molar-refractivity contribution is -0.384. The Balaban J connectivity index is 1.37. The molecule has 4 aromatic rings. The molecule has 0 spiro atoms. The summed E-state index contributed by atoms with van der Waals surface area (Å²) in [5, 5.41) is 31.9. The van der Waals surface area contributed by atoms with E-state index in [1.807, 2.05) is 0 Å². The molecule has 0 aliphatic carbocycles. The summed E-state index contributed by atoms with van der Waals surface area (Å²) in [6, 6.07) is 17.5. The molecule has 1 atom stereocenters. The number of ether oxygens (including phenoxy) is 2. The zero-order valence-corrected chi connectivity index (χ0v) is 24.8. The number of carboxylic acid groups (broad SMARTS) is 1. The number of alkyl halides is 3. The summed E-state index contributed by atoms with van der Waals surface area (Å²) in [5.74, 6) is -0.292. The average molecular weight is 640 g/mol. The first kappa shape index (κ1) is 32.5. The molecule has 2 heterocycles. The summed E-state index contributed by atoms with van der Waals surface area (Å²) in [4.78, 5) is 23.2. The Bertz CT molecular complexity index is 1750. The van der Waals surface area contributed by atoms with Gasteiger partial charge in [-0.1, -0.05) is 36.4 Å². The number of nitro groups is 1. The number of rotatable bonds is 11. The van der Waals surface area contributed by atoms with Gasteiger partial charge in [-0.25, -0.2) is 4.79 Å². The molecule has 1 aromatic heterocycles. The van der Waals surface area contributed by atoms with Crippen LogP contribution in [0, 0.1) is 10.1 Å². The molecule has 1 aliphatic heterocycles. The van der Waals surface area contributed by atoms with Crippen LogP contribution in [-0.2, 0) is 16.9 Å². The van der Waals surface area contributed by atoms with Gasteiger partial charge in [0.1, 0.15) is 6.10 Å². The Labute approximate surface area is 262 Å². The molecule has 3 aromatic carbocycles. The van der Waals surface area contributed by atoms with E-state index in [-0.39, 0.29) is 47.9 Å². The maximum Gasteiger partial charge on any atom is 0.422 e. The third-order valence-corrected chi connectivity index (χ3v) is 8.07. The van der Waals surface area contributed by atoms with Crippen molar-refractivity contribution in [3.63, 3.8) is 0 Å². The number of non-ortho nitro benzene ring substituents is 1. The summed E-state index contributed by atoms with van der Waals surface area (Å²) >= 11 is 0. The second kappa shape index (κ2) is 13.2. The van der Waals surface area contributed by atoms with Crippen LogP contribution < -0.4 is 9.47 Å². The fraction of sp³-hybridized carbons (Fsp3) is 0.303. The van der Waals surface area contributed by atoms with E-state index in [1.165, 1.54) is 41.0 Å². The second-order valence-electron chi connectivity index (χ2n) is 11.1. The van der Waals surface area contributed by atoms with Crippen molar-refractivity contribution in [2.45, 2.75) is 37.3 Å². The van der Waals surface area contributed by atoms with Crippen LogP contribution in [0.2, 0.25) is 0 Å². The lowest BCUT2D eigenvalue weighted by Crippen LogP contribution is -2.53. The number of benzene rings is 3. The van der Waals surface area contributed by atoms with Crippen molar-refractivity contribution in [2.24, 2.45) is 0 Å². The molecule has 1 aliphatic rings. The first-order valence-corrected chi connectivity index (χ1v) is 14.5. The number of halogens is 3. The van der Waals surface area contributed by atoms with Crippen molar-refractivity contribution < 1.29 is 42.6 Å². The van der Waals surface area contributed by atoms with Crippen LogP contribution in [0.4, 0.5) is 18.9 Å². The Kier molecular flexibility index (Phi) is 9.35. The molecule has 0 amide bonds. The van der Waals surface area contributed by atoms with Crippen molar-refractivity contribution in [3.05, 3.63) is 106 Å².